The molecule has 2 rings (SSSR count). The third kappa shape index (κ3) is 4.24. The largest absolute Gasteiger partial charge is 0.497 e. The Morgan fingerprint density at radius 2 is 2.16 bits per heavy atom. The van der Waals surface area contributed by atoms with E-state index in [1.54, 1.807) is 31.4 Å². The first kappa shape index (κ1) is 13.9. The van der Waals surface area contributed by atoms with Crippen LogP contribution in [0.4, 0.5) is 0 Å². The summed E-state index contributed by atoms with van der Waals surface area (Å²) in [6.45, 7) is 4.03. The van der Waals surface area contributed by atoms with Crippen LogP contribution < -0.4 is 10.1 Å². The van der Waals surface area contributed by atoms with E-state index in [4.69, 9.17) is 4.74 Å². The third-order valence-corrected chi connectivity index (χ3v) is 3.33. The molecular formula is C15H21N2O2. The van der Waals surface area contributed by atoms with Crippen molar-refractivity contribution >= 4 is 5.91 Å². The molecule has 1 fully saturated rings. The van der Waals surface area contributed by atoms with E-state index in [1.807, 2.05) is 0 Å². The molecule has 1 aliphatic heterocycles. The van der Waals surface area contributed by atoms with Crippen molar-refractivity contribution in [1.29, 1.82) is 0 Å². The van der Waals surface area contributed by atoms with Crippen LogP contribution in [0.3, 0.4) is 0 Å². The van der Waals surface area contributed by atoms with Gasteiger partial charge in [0, 0.05) is 18.7 Å². The van der Waals surface area contributed by atoms with Gasteiger partial charge < -0.3 is 15.0 Å². The third-order valence-electron chi connectivity index (χ3n) is 3.33. The lowest BCUT2D eigenvalue weighted by atomic mass is 10.2. The Morgan fingerprint density at radius 3 is 2.79 bits per heavy atom. The molecule has 0 saturated carbocycles. The van der Waals surface area contributed by atoms with E-state index in [0.29, 0.717) is 5.56 Å². The molecule has 1 heterocycles. The van der Waals surface area contributed by atoms with Crippen LogP contribution in [0.2, 0.25) is 0 Å². The maximum Gasteiger partial charge on any atom is 0.251 e. The second kappa shape index (κ2) is 7.14. The lowest BCUT2D eigenvalue weighted by Crippen LogP contribution is -2.28. The molecule has 103 valence electrons. The van der Waals surface area contributed by atoms with Crippen molar-refractivity contribution in [1.82, 2.24) is 10.2 Å². The maximum absolute atomic E-state index is 11.9. The van der Waals surface area contributed by atoms with Gasteiger partial charge in [0.1, 0.15) is 5.75 Å². The Labute approximate surface area is 114 Å². The first-order chi connectivity index (χ1) is 9.29. The van der Waals surface area contributed by atoms with Gasteiger partial charge in [-0.1, -0.05) is 0 Å². The van der Waals surface area contributed by atoms with Crippen LogP contribution in [0.5, 0.6) is 5.75 Å². The molecule has 1 aromatic rings. The molecule has 0 spiro atoms. The lowest BCUT2D eigenvalue weighted by Gasteiger charge is -2.14. The summed E-state index contributed by atoms with van der Waals surface area (Å²) in [5.74, 6) is 0.748. The summed E-state index contributed by atoms with van der Waals surface area (Å²) < 4.78 is 5.06. The van der Waals surface area contributed by atoms with Crippen LogP contribution >= 0.6 is 0 Å². The van der Waals surface area contributed by atoms with Gasteiger partial charge in [0.2, 0.25) is 0 Å². The number of methoxy groups -OCH3 is 1. The van der Waals surface area contributed by atoms with E-state index in [0.717, 1.165) is 38.3 Å². The van der Waals surface area contributed by atoms with Gasteiger partial charge in [0.25, 0.3) is 5.91 Å². The minimum Gasteiger partial charge on any atom is -0.497 e. The molecule has 1 aliphatic rings. The molecule has 1 N–H and O–H groups in total. The fraction of sp³-hybridized carbons (Fsp3) is 0.467. The molecule has 1 saturated heterocycles. The van der Waals surface area contributed by atoms with Crippen molar-refractivity contribution in [3.63, 3.8) is 0 Å². The average Bonchev–Trinajstić information content (AvgIpc) is 2.96. The van der Waals surface area contributed by atoms with Crippen LogP contribution in [0.25, 0.3) is 0 Å². The molecule has 0 aromatic heterocycles. The Morgan fingerprint density at radius 1 is 1.37 bits per heavy atom. The second-order valence-corrected chi connectivity index (χ2v) is 4.72. The number of hydrogen-bond donors (Lipinski definition) is 1. The number of ether oxygens (including phenoxy) is 1. The molecule has 0 atom stereocenters. The van der Waals surface area contributed by atoms with Gasteiger partial charge in [-0.15, -0.1) is 0 Å². The van der Waals surface area contributed by atoms with Gasteiger partial charge in [-0.3, -0.25) is 4.79 Å². The van der Waals surface area contributed by atoms with E-state index in [1.165, 1.54) is 6.42 Å². The normalized spacial score (nSPS) is 15.4. The SMILES string of the molecule is COc1ccc(C(=O)NCCCN2C[CH]CC2)cc1. The van der Waals surface area contributed by atoms with E-state index in [9.17, 15) is 4.79 Å². The van der Waals surface area contributed by atoms with Crippen LogP contribution in [-0.4, -0.2) is 44.1 Å². The molecule has 0 bridgehead atoms. The highest BCUT2D eigenvalue weighted by Gasteiger charge is 2.11. The Kier molecular flexibility index (Phi) is 5.21. The summed E-state index contributed by atoms with van der Waals surface area (Å²) in [7, 11) is 1.62. The van der Waals surface area contributed by atoms with Crippen molar-refractivity contribution in [2.75, 3.05) is 33.3 Å². The molecule has 4 nitrogen and oxygen atoms in total. The Hall–Kier alpha value is -1.55. The minimum absolute atomic E-state index is 0.0179. The number of hydrogen-bond acceptors (Lipinski definition) is 3. The highest BCUT2D eigenvalue weighted by molar-refractivity contribution is 5.94. The van der Waals surface area contributed by atoms with E-state index >= 15 is 0 Å². The fourth-order valence-electron chi connectivity index (χ4n) is 2.19. The molecule has 1 radical (unpaired) electrons. The molecule has 4 heteroatoms. The Balaban J connectivity index is 1.68. The van der Waals surface area contributed by atoms with Gasteiger partial charge in [-0.25, -0.2) is 0 Å². The van der Waals surface area contributed by atoms with Crippen molar-refractivity contribution in [2.24, 2.45) is 0 Å². The zero-order chi connectivity index (χ0) is 13.5. The van der Waals surface area contributed by atoms with Crippen molar-refractivity contribution in [3.05, 3.63) is 36.2 Å². The van der Waals surface area contributed by atoms with Gasteiger partial charge >= 0.3 is 0 Å². The molecule has 0 unspecified atom stereocenters. The van der Waals surface area contributed by atoms with E-state index in [2.05, 4.69) is 16.6 Å². The predicted molar refractivity (Wildman–Crippen MR) is 75.3 cm³/mol. The van der Waals surface area contributed by atoms with Gasteiger partial charge in [-0.2, -0.15) is 0 Å². The summed E-state index contributed by atoms with van der Waals surface area (Å²) in [5, 5.41) is 2.94. The average molecular weight is 261 g/mol. The number of benzene rings is 1. The second-order valence-electron chi connectivity index (χ2n) is 4.72. The smallest absolute Gasteiger partial charge is 0.251 e. The van der Waals surface area contributed by atoms with Gasteiger partial charge in [-0.05, 0) is 56.6 Å². The topological polar surface area (TPSA) is 41.6 Å². The van der Waals surface area contributed by atoms with Crippen LogP contribution in [-0.2, 0) is 0 Å². The fourth-order valence-corrected chi connectivity index (χ4v) is 2.19. The monoisotopic (exact) mass is 261 g/mol. The van der Waals surface area contributed by atoms with Crippen molar-refractivity contribution in [3.8, 4) is 5.75 Å². The van der Waals surface area contributed by atoms with Crippen LogP contribution in [0, 0.1) is 6.42 Å². The number of carbonyl (C=O) groups is 1. The highest BCUT2D eigenvalue weighted by atomic mass is 16.5. The number of nitrogens with zero attached hydrogens (tertiary/aromatic N) is 1. The standard InChI is InChI=1S/C15H21N2O2/c1-19-14-7-5-13(6-8-14)15(18)16-9-4-12-17-10-2-3-11-17/h2,5-8H,3-4,9-12H2,1H3,(H,16,18). The number of rotatable bonds is 6. The van der Waals surface area contributed by atoms with E-state index < -0.39 is 0 Å². The first-order valence-corrected chi connectivity index (χ1v) is 6.76. The summed E-state index contributed by atoms with van der Waals surface area (Å²) in [5.41, 5.74) is 0.676. The molecule has 19 heavy (non-hydrogen) atoms. The Bertz CT molecular complexity index is 397. The van der Waals surface area contributed by atoms with Crippen molar-refractivity contribution < 1.29 is 9.53 Å². The summed E-state index contributed by atoms with van der Waals surface area (Å²) in [4.78, 5) is 14.3. The molecule has 1 amide bonds. The number of carbonyl (C=O) groups excluding carboxylic acids is 1. The summed E-state index contributed by atoms with van der Waals surface area (Å²) in [6, 6.07) is 7.16. The molecular weight excluding hydrogens is 240 g/mol. The first-order valence-electron chi connectivity index (χ1n) is 6.76. The number of nitrogens with one attached hydrogen (secondary N) is 1. The molecule has 1 aromatic carbocycles. The van der Waals surface area contributed by atoms with E-state index in [-0.39, 0.29) is 5.91 Å². The van der Waals surface area contributed by atoms with Crippen LogP contribution in [0.15, 0.2) is 24.3 Å². The van der Waals surface area contributed by atoms with Crippen LogP contribution in [0.1, 0.15) is 23.2 Å². The predicted octanol–water partition coefficient (Wildman–Crippen LogP) is 1.73. The zero-order valence-electron chi connectivity index (χ0n) is 11.4. The minimum atomic E-state index is -0.0179. The highest BCUT2D eigenvalue weighted by Crippen LogP contribution is 2.11. The number of likely N-dealkylation sites (tertiary alicyclic amines) is 1. The summed E-state index contributed by atoms with van der Waals surface area (Å²) in [6.07, 6.45) is 4.49. The van der Waals surface area contributed by atoms with Crippen molar-refractivity contribution in [2.45, 2.75) is 12.8 Å². The van der Waals surface area contributed by atoms with Gasteiger partial charge in [0.05, 0.1) is 7.11 Å². The quantitative estimate of drug-likeness (QED) is 0.793. The van der Waals surface area contributed by atoms with Gasteiger partial charge in [0.15, 0.2) is 0 Å². The molecule has 0 aliphatic carbocycles. The summed E-state index contributed by atoms with van der Waals surface area (Å²) >= 11 is 0. The zero-order valence-corrected chi connectivity index (χ0v) is 11.4. The lowest BCUT2D eigenvalue weighted by molar-refractivity contribution is 0.0952. The maximum atomic E-state index is 11.9. The number of amides is 1.